The van der Waals surface area contributed by atoms with Crippen molar-refractivity contribution in [2.75, 3.05) is 6.61 Å². The van der Waals surface area contributed by atoms with Crippen LogP contribution >= 0.6 is 0 Å². The number of alkyl carbamates (subject to hydrolysis) is 1. The number of carbonyl (C=O) groups excluding carboxylic acids is 2. The second-order valence-corrected chi connectivity index (χ2v) is 7.66. The number of nitrogens with one attached hydrogen (secondary N) is 2. The van der Waals surface area contributed by atoms with Crippen LogP contribution in [0.2, 0.25) is 0 Å². The van der Waals surface area contributed by atoms with E-state index in [1.54, 1.807) is 6.92 Å². The Kier molecular flexibility index (Phi) is 7.25. The van der Waals surface area contributed by atoms with Gasteiger partial charge in [0, 0.05) is 18.4 Å². The van der Waals surface area contributed by atoms with Gasteiger partial charge in [0.2, 0.25) is 11.9 Å². The maximum Gasteiger partial charge on any atom is 0.419 e. The predicted octanol–water partition coefficient (Wildman–Crippen LogP) is 3.83. The minimum atomic E-state index is -5.14. The van der Waals surface area contributed by atoms with E-state index in [1.165, 1.54) is 5.32 Å². The molecule has 1 aliphatic rings. The minimum absolute atomic E-state index is 0.0393. The third kappa shape index (κ3) is 5.63. The SMILES string of the molecule is CCC(CC(=O)NC(C(=O)O)C(F)(F)F)NC(=O)OCC1c2ccccc2-c2ccccc21. The molecule has 3 N–H and O–H groups in total. The Labute approximate surface area is 187 Å². The molecule has 2 unspecified atom stereocenters. The second kappa shape index (κ2) is 9.93. The Morgan fingerprint density at radius 2 is 1.55 bits per heavy atom. The lowest BCUT2D eigenvalue weighted by Crippen LogP contribution is -2.52. The van der Waals surface area contributed by atoms with Crippen LogP contribution in [0.25, 0.3) is 11.1 Å². The summed E-state index contributed by atoms with van der Waals surface area (Å²) < 4.78 is 43.6. The predicted molar refractivity (Wildman–Crippen MR) is 113 cm³/mol. The number of amides is 2. The van der Waals surface area contributed by atoms with E-state index in [0.29, 0.717) is 0 Å². The van der Waals surface area contributed by atoms with Gasteiger partial charge in [0.05, 0.1) is 0 Å². The molecule has 2 aromatic rings. The number of carboxylic acids is 1. The van der Waals surface area contributed by atoms with Gasteiger partial charge in [-0.25, -0.2) is 9.59 Å². The summed E-state index contributed by atoms with van der Waals surface area (Å²) in [5.41, 5.74) is 4.15. The molecule has 2 amide bonds. The van der Waals surface area contributed by atoms with Crippen LogP contribution in [-0.2, 0) is 14.3 Å². The number of carboxylic acid groups (broad SMARTS) is 1. The highest BCUT2D eigenvalue weighted by Gasteiger charge is 2.46. The molecule has 2 aromatic carbocycles. The maximum absolute atomic E-state index is 12.7. The van der Waals surface area contributed by atoms with Gasteiger partial charge in [-0.15, -0.1) is 0 Å². The molecule has 10 heteroatoms. The summed E-state index contributed by atoms with van der Waals surface area (Å²) in [5.74, 6) is -3.53. The number of carbonyl (C=O) groups is 3. The zero-order valence-electron chi connectivity index (χ0n) is 17.7. The van der Waals surface area contributed by atoms with Crippen molar-refractivity contribution >= 4 is 18.0 Å². The highest BCUT2D eigenvalue weighted by molar-refractivity contribution is 5.85. The molecule has 0 saturated heterocycles. The fraction of sp³-hybridized carbons (Fsp3) is 0.348. The van der Waals surface area contributed by atoms with Crippen LogP contribution in [0.1, 0.15) is 36.8 Å². The van der Waals surface area contributed by atoms with Crippen LogP contribution in [-0.4, -0.2) is 47.9 Å². The van der Waals surface area contributed by atoms with Crippen molar-refractivity contribution in [2.24, 2.45) is 0 Å². The van der Waals surface area contributed by atoms with E-state index in [9.17, 15) is 27.6 Å². The monoisotopic (exact) mass is 464 g/mol. The van der Waals surface area contributed by atoms with Crippen LogP contribution < -0.4 is 10.6 Å². The molecule has 33 heavy (non-hydrogen) atoms. The molecule has 0 fully saturated rings. The van der Waals surface area contributed by atoms with Gasteiger partial charge in [-0.2, -0.15) is 13.2 Å². The molecule has 0 radical (unpaired) electrons. The smallest absolute Gasteiger partial charge is 0.419 e. The standard InChI is InChI=1S/C23H23F3N2O5/c1-2-13(11-19(29)28-20(21(30)31)23(24,25)26)27-22(32)33-12-18-16-9-5-3-7-14(16)15-8-4-6-10-17(15)18/h3-10,13,18,20H,2,11-12H2,1H3,(H,27,32)(H,28,29)(H,30,31). The van der Waals surface area contributed by atoms with Crippen molar-refractivity contribution in [3.63, 3.8) is 0 Å². The molecular formula is C23H23F3N2O5. The highest BCUT2D eigenvalue weighted by atomic mass is 19.4. The zero-order valence-corrected chi connectivity index (χ0v) is 17.7. The summed E-state index contributed by atoms with van der Waals surface area (Å²) in [7, 11) is 0. The lowest BCUT2D eigenvalue weighted by Gasteiger charge is -2.21. The van der Waals surface area contributed by atoms with E-state index in [-0.39, 0.29) is 18.9 Å². The van der Waals surface area contributed by atoms with E-state index in [4.69, 9.17) is 9.84 Å². The number of alkyl halides is 3. The van der Waals surface area contributed by atoms with E-state index in [1.807, 2.05) is 48.5 Å². The lowest BCUT2D eigenvalue weighted by atomic mass is 9.98. The summed E-state index contributed by atoms with van der Waals surface area (Å²) in [4.78, 5) is 35.0. The summed E-state index contributed by atoms with van der Waals surface area (Å²) in [6, 6.07) is 11.7. The number of aliphatic carboxylic acids is 1. The van der Waals surface area contributed by atoms with Gasteiger partial charge >= 0.3 is 18.2 Å². The quantitative estimate of drug-likeness (QED) is 0.551. The van der Waals surface area contributed by atoms with E-state index < -0.39 is 42.7 Å². The number of ether oxygens (including phenoxy) is 1. The van der Waals surface area contributed by atoms with Crippen molar-refractivity contribution in [2.45, 2.75) is 43.9 Å². The third-order valence-corrected chi connectivity index (χ3v) is 5.47. The number of halogens is 3. The average molecular weight is 464 g/mol. The van der Waals surface area contributed by atoms with Gasteiger partial charge in [0.1, 0.15) is 6.61 Å². The Balaban J connectivity index is 1.58. The molecule has 0 spiro atoms. The largest absolute Gasteiger partial charge is 0.479 e. The second-order valence-electron chi connectivity index (χ2n) is 7.66. The van der Waals surface area contributed by atoms with E-state index >= 15 is 0 Å². The van der Waals surface area contributed by atoms with E-state index in [2.05, 4.69) is 5.32 Å². The number of fused-ring (bicyclic) bond motifs is 3. The summed E-state index contributed by atoms with van der Waals surface area (Å²) in [5, 5.41) is 12.6. The summed E-state index contributed by atoms with van der Waals surface area (Å²) in [6.07, 6.45) is -6.26. The van der Waals surface area contributed by atoms with Crippen LogP contribution in [0.5, 0.6) is 0 Å². The van der Waals surface area contributed by atoms with Crippen molar-refractivity contribution in [3.05, 3.63) is 59.7 Å². The summed E-state index contributed by atoms with van der Waals surface area (Å²) in [6.45, 7) is 1.66. The number of hydrogen-bond donors (Lipinski definition) is 3. The number of rotatable bonds is 8. The lowest BCUT2D eigenvalue weighted by molar-refractivity contribution is -0.182. The van der Waals surface area contributed by atoms with Gasteiger partial charge in [0.25, 0.3) is 0 Å². The minimum Gasteiger partial charge on any atom is -0.479 e. The first-order valence-corrected chi connectivity index (χ1v) is 10.3. The Morgan fingerprint density at radius 1 is 1.00 bits per heavy atom. The Morgan fingerprint density at radius 3 is 2.03 bits per heavy atom. The van der Waals surface area contributed by atoms with Gasteiger partial charge in [-0.05, 0) is 28.7 Å². The first-order chi connectivity index (χ1) is 15.6. The molecule has 0 bridgehead atoms. The first kappa shape index (κ1) is 24.1. The Hall–Kier alpha value is -3.56. The molecule has 176 valence electrons. The highest BCUT2D eigenvalue weighted by Crippen LogP contribution is 2.44. The fourth-order valence-electron chi connectivity index (χ4n) is 3.83. The van der Waals surface area contributed by atoms with Crippen molar-refractivity contribution in [3.8, 4) is 11.1 Å². The summed E-state index contributed by atoms with van der Waals surface area (Å²) >= 11 is 0. The van der Waals surface area contributed by atoms with Crippen LogP contribution in [0.3, 0.4) is 0 Å². The average Bonchev–Trinajstić information content (AvgIpc) is 3.08. The van der Waals surface area contributed by atoms with Crippen LogP contribution in [0, 0.1) is 0 Å². The van der Waals surface area contributed by atoms with E-state index in [0.717, 1.165) is 22.3 Å². The normalized spacial score (nSPS) is 14.5. The van der Waals surface area contributed by atoms with Crippen molar-refractivity contribution in [1.82, 2.24) is 10.6 Å². The van der Waals surface area contributed by atoms with Crippen molar-refractivity contribution < 1.29 is 37.4 Å². The molecule has 0 aliphatic heterocycles. The molecule has 3 rings (SSSR count). The third-order valence-electron chi connectivity index (χ3n) is 5.47. The molecule has 0 aromatic heterocycles. The Bertz CT molecular complexity index is 995. The van der Waals surface area contributed by atoms with Gasteiger partial charge < -0.3 is 20.5 Å². The molecule has 2 atom stereocenters. The maximum atomic E-state index is 12.7. The molecule has 0 saturated carbocycles. The van der Waals surface area contributed by atoms with Gasteiger partial charge in [-0.1, -0.05) is 55.5 Å². The number of benzene rings is 2. The molecular weight excluding hydrogens is 441 g/mol. The van der Waals surface area contributed by atoms with Crippen LogP contribution in [0.4, 0.5) is 18.0 Å². The first-order valence-electron chi connectivity index (χ1n) is 10.3. The van der Waals surface area contributed by atoms with Gasteiger partial charge in [-0.3, -0.25) is 4.79 Å². The van der Waals surface area contributed by atoms with Gasteiger partial charge in [0.15, 0.2) is 0 Å². The molecule has 1 aliphatic carbocycles. The molecule has 7 nitrogen and oxygen atoms in total. The topological polar surface area (TPSA) is 105 Å². The zero-order chi connectivity index (χ0) is 24.2. The van der Waals surface area contributed by atoms with Crippen LogP contribution in [0.15, 0.2) is 48.5 Å². The fourth-order valence-corrected chi connectivity index (χ4v) is 3.83. The number of hydrogen-bond acceptors (Lipinski definition) is 4. The molecule has 0 heterocycles. The van der Waals surface area contributed by atoms with Crippen molar-refractivity contribution in [1.29, 1.82) is 0 Å².